The van der Waals surface area contributed by atoms with E-state index in [2.05, 4.69) is 10.6 Å². The number of para-hydroxylation sites is 4. The molecule has 6 rings (SSSR count). The van der Waals surface area contributed by atoms with E-state index in [0.29, 0.717) is 54.4 Å². The van der Waals surface area contributed by atoms with Crippen molar-refractivity contribution in [2.45, 2.75) is 10.1 Å². The molecule has 0 radical (unpaired) electrons. The van der Waals surface area contributed by atoms with Crippen molar-refractivity contribution in [1.82, 2.24) is 9.13 Å². The summed E-state index contributed by atoms with van der Waals surface area (Å²) >= 11 is 0. The van der Waals surface area contributed by atoms with E-state index >= 15 is 0 Å². The molecule has 0 spiro atoms. The van der Waals surface area contributed by atoms with Gasteiger partial charge in [-0.15, -0.1) is 0 Å². The van der Waals surface area contributed by atoms with Gasteiger partial charge in [-0.2, -0.15) is 0 Å². The number of anilines is 2. The van der Waals surface area contributed by atoms with Crippen LogP contribution in [0.15, 0.2) is 107 Å². The number of nitrogens with zero attached hydrogens (tertiary/aromatic N) is 2. The van der Waals surface area contributed by atoms with E-state index in [1.807, 2.05) is 60.7 Å². The van der Waals surface area contributed by atoms with Crippen molar-refractivity contribution in [3.63, 3.8) is 0 Å². The number of aromatic nitrogens is 2. The van der Waals surface area contributed by atoms with Crippen molar-refractivity contribution in [2.75, 3.05) is 10.6 Å². The third kappa shape index (κ3) is 4.84. The molecule has 4 N–H and O–H groups in total. The highest BCUT2D eigenvalue weighted by molar-refractivity contribution is 8.76. The minimum atomic E-state index is -0.322. The monoisotopic (exact) mass is 594 g/mol. The lowest BCUT2D eigenvalue weighted by Crippen LogP contribution is -2.13. The number of aromatic hydroxyl groups is 2. The lowest BCUT2D eigenvalue weighted by molar-refractivity contribution is 0.101. The zero-order chi connectivity index (χ0) is 29.4. The van der Waals surface area contributed by atoms with Crippen molar-refractivity contribution in [3.8, 4) is 11.5 Å². The van der Waals surface area contributed by atoms with Crippen LogP contribution in [-0.2, 0) is 14.1 Å². The molecular weight excluding hydrogens is 569 g/mol. The third-order valence-electron chi connectivity index (χ3n) is 6.99. The number of hydrogen-bond donors (Lipinski definition) is 4. The molecule has 0 saturated carbocycles. The third-order valence-corrected chi connectivity index (χ3v) is 9.55. The quantitative estimate of drug-likeness (QED) is 0.144. The summed E-state index contributed by atoms with van der Waals surface area (Å²) in [6, 6.07) is 28.5. The summed E-state index contributed by atoms with van der Waals surface area (Å²) in [5, 5.41) is 29.7. The largest absolute Gasteiger partial charge is 0.506 e. The zero-order valence-corrected chi connectivity index (χ0v) is 24.3. The van der Waals surface area contributed by atoms with Crippen molar-refractivity contribution in [1.29, 1.82) is 0 Å². The number of phenolic OH excluding ortho intramolecular Hbond substituents is 2. The number of nitrogens with one attached hydrogen (secondary N) is 2. The molecule has 0 aliphatic heterocycles. The number of rotatable bonds is 7. The van der Waals surface area contributed by atoms with E-state index < -0.39 is 0 Å². The molecule has 2 aromatic heterocycles. The first kappa shape index (κ1) is 27.4. The lowest BCUT2D eigenvalue weighted by Gasteiger charge is -2.11. The van der Waals surface area contributed by atoms with E-state index in [1.165, 1.54) is 21.6 Å². The van der Waals surface area contributed by atoms with Crippen molar-refractivity contribution in [3.05, 3.63) is 108 Å². The summed E-state index contributed by atoms with van der Waals surface area (Å²) in [6.07, 6.45) is 0. The first-order valence-electron chi connectivity index (χ1n) is 13.0. The Labute approximate surface area is 249 Å². The van der Waals surface area contributed by atoms with Crippen LogP contribution in [-0.4, -0.2) is 31.2 Å². The number of hydrogen-bond acceptors (Lipinski definition) is 6. The average molecular weight is 595 g/mol. The predicted molar refractivity (Wildman–Crippen MR) is 170 cm³/mol. The van der Waals surface area contributed by atoms with Crippen LogP contribution in [0.2, 0.25) is 0 Å². The van der Waals surface area contributed by atoms with E-state index in [0.717, 1.165) is 0 Å². The normalized spacial score (nSPS) is 11.2. The predicted octanol–water partition coefficient (Wildman–Crippen LogP) is 7.39. The van der Waals surface area contributed by atoms with E-state index in [4.69, 9.17) is 0 Å². The maximum atomic E-state index is 13.7. The number of aryl methyl sites for hydroxylation is 2. The molecule has 4 aromatic carbocycles. The Morgan fingerprint density at radius 3 is 1.33 bits per heavy atom. The molecule has 6 aromatic rings. The van der Waals surface area contributed by atoms with Crippen molar-refractivity contribution < 1.29 is 19.8 Å². The number of phenols is 2. The molecule has 210 valence electrons. The van der Waals surface area contributed by atoms with Gasteiger partial charge in [0, 0.05) is 36.2 Å². The summed E-state index contributed by atoms with van der Waals surface area (Å²) in [5.74, 6) is -0.536. The Hall–Kier alpha value is -4.80. The first-order valence-corrected chi connectivity index (χ1v) is 15.2. The zero-order valence-electron chi connectivity index (χ0n) is 22.7. The van der Waals surface area contributed by atoms with E-state index in [-0.39, 0.29) is 23.3 Å². The van der Waals surface area contributed by atoms with Crippen LogP contribution in [0.4, 0.5) is 11.4 Å². The Morgan fingerprint density at radius 1 is 0.571 bits per heavy atom. The maximum absolute atomic E-state index is 13.7. The van der Waals surface area contributed by atoms with Gasteiger partial charge in [0.25, 0.3) is 11.8 Å². The van der Waals surface area contributed by atoms with Gasteiger partial charge in [0.15, 0.2) is 0 Å². The molecule has 10 heteroatoms. The molecule has 0 unspecified atom stereocenters. The number of fused-ring (bicyclic) bond motifs is 2. The summed E-state index contributed by atoms with van der Waals surface area (Å²) < 4.78 is 3.57. The van der Waals surface area contributed by atoms with Gasteiger partial charge in [0.05, 0.1) is 32.2 Å². The molecule has 42 heavy (non-hydrogen) atoms. The second kappa shape index (κ2) is 11.2. The van der Waals surface area contributed by atoms with Crippen LogP contribution in [0.1, 0.15) is 20.7 Å². The van der Waals surface area contributed by atoms with Crippen molar-refractivity contribution in [2.24, 2.45) is 14.1 Å². The Bertz CT molecular complexity index is 1820. The highest BCUT2D eigenvalue weighted by atomic mass is 33.1. The van der Waals surface area contributed by atoms with Gasteiger partial charge in [-0.1, -0.05) is 60.7 Å². The average Bonchev–Trinajstić information content (AvgIpc) is 3.44. The molecule has 2 amide bonds. The molecule has 0 aliphatic carbocycles. The maximum Gasteiger partial charge on any atom is 0.259 e. The minimum absolute atomic E-state index is 0.0538. The summed E-state index contributed by atoms with van der Waals surface area (Å²) in [7, 11) is 6.18. The Morgan fingerprint density at radius 2 is 0.952 bits per heavy atom. The molecule has 0 atom stereocenters. The number of benzene rings is 4. The first-order chi connectivity index (χ1) is 20.3. The molecular formula is C32H26N4O4S2. The topological polar surface area (TPSA) is 109 Å². The molecule has 0 fully saturated rings. The van der Waals surface area contributed by atoms with Gasteiger partial charge >= 0.3 is 0 Å². The Kier molecular flexibility index (Phi) is 7.32. The van der Waals surface area contributed by atoms with E-state index in [9.17, 15) is 19.8 Å². The minimum Gasteiger partial charge on any atom is -0.506 e. The lowest BCUT2D eigenvalue weighted by atomic mass is 10.1. The fourth-order valence-corrected chi connectivity index (χ4v) is 7.86. The van der Waals surface area contributed by atoms with Crippen LogP contribution in [0.3, 0.4) is 0 Å². The van der Waals surface area contributed by atoms with Gasteiger partial charge in [0.1, 0.15) is 11.5 Å². The van der Waals surface area contributed by atoms with Crippen molar-refractivity contribution >= 4 is 66.6 Å². The summed E-state index contributed by atoms with van der Waals surface area (Å²) in [6.45, 7) is 0. The summed E-state index contributed by atoms with van der Waals surface area (Å²) in [4.78, 5) is 27.4. The number of amides is 2. The van der Waals surface area contributed by atoms with Gasteiger partial charge in [-0.05, 0) is 58.0 Å². The van der Waals surface area contributed by atoms with Crippen LogP contribution in [0.25, 0.3) is 21.8 Å². The highest BCUT2D eigenvalue weighted by Crippen LogP contribution is 2.47. The van der Waals surface area contributed by atoms with Gasteiger partial charge in [-0.3, -0.25) is 9.59 Å². The van der Waals surface area contributed by atoms with Crippen LogP contribution >= 0.6 is 21.6 Å². The molecule has 8 nitrogen and oxygen atoms in total. The van der Waals surface area contributed by atoms with Crippen LogP contribution < -0.4 is 10.6 Å². The molecule has 0 aliphatic rings. The Balaban J connectivity index is 1.44. The van der Waals surface area contributed by atoms with Gasteiger partial charge in [0.2, 0.25) is 0 Å². The van der Waals surface area contributed by atoms with Crippen LogP contribution in [0.5, 0.6) is 11.5 Å². The van der Waals surface area contributed by atoms with Crippen LogP contribution in [0, 0.1) is 0 Å². The number of carbonyl (C=O) groups excluding carboxylic acids is 2. The smallest absolute Gasteiger partial charge is 0.259 e. The van der Waals surface area contributed by atoms with E-state index in [1.54, 1.807) is 59.6 Å². The highest BCUT2D eigenvalue weighted by Gasteiger charge is 2.28. The second-order valence-electron chi connectivity index (χ2n) is 9.63. The van der Waals surface area contributed by atoms with Gasteiger partial charge < -0.3 is 30.0 Å². The molecule has 2 heterocycles. The fraction of sp³-hybridized carbons (Fsp3) is 0.0625. The van der Waals surface area contributed by atoms with Gasteiger partial charge in [-0.25, -0.2) is 0 Å². The molecule has 0 bridgehead atoms. The summed E-state index contributed by atoms with van der Waals surface area (Å²) in [5.41, 5.74) is 3.15. The standard InChI is InChI=1S/C32H26N4O4S2/c1-35-27-21(15-9-17-23(27)37)25(29(39)33-19-11-5-3-6-12-19)31(35)41-42-32-26(30(40)34-20-13-7-4-8-14-20)22-16-10-18-24(38)28(22)36(32)2/h3-18,37-38H,1-2H3,(H,33,39)(H,34,40). The molecule has 0 saturated heterocycles. The second-order valence-corrected chi connectivity index (χ2v) is 11.7. The fourth-order valence-electron chi connectivity index (χ4n) is 5.08. The number of carbonyl (C=O) groups is 2. The SMILES string of the molecule is Cn1c(SSc2c(C(=O)Nc3ccccc3)c3cccc(O)c3n2C)c(C(=O)Nc2ccccc2)c2cccc(O)c21.